The van der Waals surface area contributed by atoms with E-state index in [4.69, 9.17) is 29.0 Å². The van der Waals surface area contributed by atoms with Gasteiger partial charge in [0.25, 0.3) is 5.91 Å². The summed E-state index contributed by atoms with van der Waals surface area (Å²) in [6.45, 7) is 3.48. The van der Waals surface area contributed by atoms with Crippen LogP contribution in [0.5, 0.6) is 17.2 Å². The Morgan fingerprint density at radius 3 is 2.52 bits per heavy atom. The number of para-hydroxylation sites is 1. The molecule has 4 aromatic rings. The van der Waals surface area contributed by atoms with Crippen LogP contribution >= 0.6 is 0 Å². The van der Waals surface area contributed by atoms with E-state index in [2.05, 4.69) is 10.9 Å². The minimum Gasteiger partial charge on any atom is -0.497 e. The second-order valence-corrected chi connectivity index (χ2v) is 11.3. The zero-order chi connectivity index (χ0) is 33.6. The van der Waals surface area contributed by atoms with Gasteiger partial charge in [-0.1, -0.05) is 72.8 Å². The molecule has 0 bridgehead atoms. The lowest BCUT2D eigenvalue weighted by atomic mass is 9.84. The summed E-state index contributed by atoms with van der Waals surface area (Å²) in [5.74, 6) is 2.16. The van der Waals surface area contributed by atoms with Gasteiger partial charge in [0.05, 0.1) is 20.3 Å². The SMILES string of the molecule is CCOc1ccccc1CCNNC(=O)[C@@]1(C/C=C/c2ccccc2)N=C(c2ccc(OCCCO)cc2)O[C@H]1c1cccc(OC)c1. The summed E-state index contributed by atoms with van der Waals surface area (Å²) in [5, 5.41) is 9.09. The molecule has 0 aliphatic carbocycles. The van der Waals surface area contributed by atoms with Crippen LogP contribution in [0.25, 0.3) is 6.08 Å². The number of hydrogen-bond donors (Lipinski definition) is 3. The lowest BCUT2D eigenvalue weighted by Gasteiger charge is -2.30. The molecule has 0 aromatic heterocycles. The molecule has 5 rings (SSSR count). The Hall–Kier alpha value is -5.12. The number of methoxy groups -OCH3 is 1. The normalized spacial score (nSPS) is 17.1. The molecule has 250 valence electrons. The fourth-order valence-corrected chi connectivity index (χ4v) is 5.51. The van der Waals surface area contributed by atoms with Gasteiger partial charge in [0.1, 0.15) is 17.2 Å². The summed E-state index contributed by atoms with van der Waals surface area (Å²) in [4.78, 5) is 19.5. The topological polar surface area (TPSA) is 111 Å². The van der Waals surface area contributed by atoms with E-state index in [1.54, 1.807) is 7.11 Å². The second kappa shape index (κ2) is 17.2. The molecule has 0 saturated carbocycles. The number of carbonyl (C=O) groups is 1. The van der Waals surface area contributed by atoms with Crippen LogP contribution in [-0.4, -0.2) is 55.9 Å². The highest BCUT2D eigenvalue weighted by Crippen LogP contribution is 2.43. The molecule has 1 heterocycles. The zero-order valence-electron chi connectivity index (χ0n) is 27.4. The number of ether oxygens (including phenoxy) is 4. The number of aliphatic imine (C=N–C) groups is 1. The van der Waals surface area contributed by atoms with Gasteiger partial charge in [0.15, 0.2) is 11.6 Å². The maximum atomic E-state index is 14.4. The standard InChI is InChI=1S/C39H43N3O6/c1-3-46-35-18-8-7-15-30(35)23-25-40-42-38(44)39(24-10-14-29-12-5-4-6-13-29)36(32-16-9-17-34(28-32)45-2)48-37(41-39)31-19-21-33(22-20-31)47-27-11-26-43/h4-10,12-22,28,36,40,43H,3,11,23-27H2,1-2H3,(H,42,44)/b14-10+/t36-,39-/m0/s1. The lowest BCUT2D eigenvalue weighted by Crippen LogP contribution is -2.52. The van der Waals surface area contributed by atoms with Crippen LogP contribution in [0.15, 0.2) is 114 Å². The van der Waals surface area contributed by atoms with E-state index in [1.807, 2.05) is 122 Å². The Bertz CT molecular complexity index is 1670. The molecule has 2 atom stereocenters. The number of carbonyl (C=O) groups excluding carboxylic acids is 1. The van der Waals surface area contributed by atoms with Crippen LogP contribution in [-0.2, 0) is 16.0 Å². The molecule has 48 heavy (non-hydrogen) atoms. The van der Waals surface area contributed by atoms with Crippen molar-refractivity contribution in [2.75, 3.05) is 33.5 Å². The van der Waals surface area contributed by atoms with Gasteiger partial charge < -0.3 is 24.1 Å². The highest BCUT2D eigenvalue weighted by atomic mass is 16.5. The van der Waals surface area contributed by atoms with Gasteiger partial charge in [-0.05, 0) is 72.5 Å². The summed E-state index contributed by atoms with van der Waals surface area (Å²) in [5.41, 5.74) is 8.24. The van der Waals surface area contributed by atoms with Gasteiger partial charge in [-0.15, -0.1) is 0 Å². The van der Waals surface area contributed by atoms with E-state index < -0.39 is 11.6 Å². The van der Waals surface area contributed by atoms with Crippen molar-refractivity contribution < 1.29 is 28.8 Å². The number of hydrazine groups is 1. The van der Waals surface area contributed by atoms with Crippen molar-refractivity contribution in [3.63, 3.8) is 0 Å². The number of benzene rings is 4. The van der Waals surface area contributed by atoms with Crippen molar-refractivity contribution in [1.29, 1.82) is 0 Å². The number of nitrogens with zero attached hydrogens (tertiary/aromatic N) is 1. The summed E-state index contributed by atoms with van der Waals surface area (Å²) in [6, 6.07) is 32.7. The first-order valence-electron chi connectivity index (χ1n) is 16.3. The van der Waals surface area contributed by atoms with E-state index >= 15 is 0 Å². The number of nitrogens with one attached hydrogen (secondary N) is 2. The predicted octanol–water partition coefficient (Wildman–Crippen LogP) is 6.08. The van der Waals surface area contributed by atoms with E-state index in [9.17, 15) is 4.79 Å². The number of hydrogen-bond acceptors (Lipinski definition) is 8. The minimum atomic E-state index is -1.36. The van der Waals surface area contributed by atoms with Crippen molar-refractivity contribution in [2.45, 2.75) is 37.8 Å². The minimum absolute atomic E-state index is 0.0622. The summed E-state index contributed by atoms with van der Waals surface area (Å²) in [6.07, 6.45) is 4.64. The third-order valence-corrected chi connectivity index (χ3v) is 7.96. The Kier molecular flexibility index (Phi) is 12.2. The highest BCUT2D eigenvalue weighted by molar-refractivity contribution is 6.01. The molecule has 1 aliphatic rings. The van der Waals surface area contributed by atoms with Gasteiger partial charge in [0, 0.05) is 31.6 Å². The Morgan fingerprint density at radius 2 is 1.75 bits per heavy atom. The molecule has 1 amide bonds. The second-order valence-electron chi connectivity index (χ2n) is 11.3. The quantitative estimate of drug-likeness (QED) is 0.0940. The Balaban J connectivity index is 1.46. The third-order valence-electron chi connectivity index (χ3n) is 7.96. The number of amides is 1. The third kappa shape index (κ3) is 8.61. The zero-order valence-corrected chi connectivity index (χ0v) is 27.4. The largest absolute Gasteiger partial charge is 0.497 e. The van der Waals surface area contributed by atoms with Crippen molar-refractivity contribution >= 4 is 17.9 Å². The predicted molar refractivity (Wildman–Crippen MR) is 187 cm³/mol. The van der Waals surface area contributed by atoms with Crippen LogP contribution < -0.4 is 25.1 Å². The van der Waals surface area contributed by atoms with Crippen LogP contribution in [0.1, 0.15) is 48.1 Å². The van der Waals surface area contributed by atoms with Crippen molar-refractivity contribution in [2.24, 2.45) is 4.99 Å². The highest BCUT2D eigenvalue weighted by Gasteiger charge is 2.52. The van der Waals surface area contributed by atoms with Crippen LogP contribution in [0.4, 0.5) is 0 Å². The molecule has 0 radical (unpaired) electrons. The first-order valence-corrected chi connectivity index (χ1v) is 16.3. The average Bonchev–Trinajstić information content (AvgIpc) is 3.52. The van der Waals surface area contributed by atoms with Gasteiger partial charge in [0.2, 0.25) is 5.90 Å². The fourth-order valence-electron chi connectivity index (χ4n) is 5.51. The van der Waals surface area contributed by atoms with E-state index in [0.29, 0.717) is 55.6 Å². The first kappa shape index (κ1) is 34.2. The molecule has 9 nitrogen and oxygen atoms in total. The van der Waals surface area contributed by atoms with E-state index in [-0.39, 0.29) is 18.9 Å². The average molecular weight is 650 g/mol. The molecule has 3 N–H and O–H groups in total. The van der Waals surface area contributed by atoms with Gasteiger partial charge >= 0.3 is 0 Å². The summed E-state index contributed by atoms with van der Waals surface area (Å²) in [7, 11) is 1.61. The summed E-state index contributed by atoms with van der Waals surface area (Å²) < 4.78 is 23.6. The van der Waals surface area contributed by atoms with Crippen LogP contribution in [0.2, 0.25) is 0 Å². The molecule has 0 unspecified atom stereocenters. The molecule has 0 fully saturated rings. The maximum absolute atomic E-state index is 14.4. The Morgan fingerprint density at radius 1 is 0.958 bits per heavy atom. The van der Waals surface area contributed by atoms with Gasteiger partial charge in [-0.3, -0.25) is 10.2 Å². The molecule has 9 heteroatoms. The number of rotatable bonds is 17. The monoisotopic (exact) mass is 649 g/mol. The van der Waals surface area contributed by atoms with E-state index in [1.165, 1.54) is 0 Å². The molecular formula is C39H43N3O6. The van der Waals surface area contributed by atoms with Crippen molar-refractivity contribution in [1.82, 2.24) is 10.9 Å². The molecule has 0 spiro atoms. The smallest absolute Gasteiger partial charge is 0.266 e. The molecule has 4 aromatic carbocycles. The van der Waals surface area contributed by atoms with E-state index in [0.717, 1.165) is 22.4 Å². The maximum Gasteiger partial charge on any atom is 0.266 e. The van der Waals surface area contributed by atoms with Gasteiger partial charge in [-0.25, -0.2) is 10.4 Å². The molecular weight excluding hydrogens is 606 g/mol. The lowest BCUT2D eigenvalue weighted by molar-refractivity contribution is -0.129. The number of aliphatic hydroxyl groups excluding tert-OH is 1. The Labute approximate surface area is 282 Å². The van der Waals surface area contributed by atoms with Crippen molar-refractivity contribution in [3.05, 3.63) is 131 Å². The van der Waals surface area contributed by atoms with Crippen LogP contribution in [0.3, 0.4) is 0 Å². The number of aliphatic hydroxyl groups is 1. The fraction of sp³-hybridized carbons (Fsp3) is 0.282. The van der Waals surface area contributed by atoms with Crippen LogP contribution in [0, 0.1) is 0 Å². The van der Waals surface area contributed by atoms with Gasteiger partial charge in [-0.2, -0.15) is 0 Å². The summed E-state index contributed by atoms with van der Waals surface area (Å²) >= 11 is 0. The first-order chi connectivity index (χ1) is 23.6. The molecule has 1 aliphatic heterocycles. The van der Waals surface area contributed by atoms with Crippen molar-refractivity contribution in [3.8, 4) is 17.2 Å². The molecule has 0 saturated heterocycles.